The van der Waals surface area contributed by atoms with Crippen LogP contribution in [0.25, 0.3) is 28.0 Å². The van der Waals surface area contributed by atoms with Gasteiger partial charge in [0.2, 0.25) is 0 Å². The van der Waals surface area contributed by atoms with Gasteiger partial charge in [0.25, 0.3) is 0 Å². The Bertz CT molecular complexity index is 1210. The summed E-state index contributed by atoms with van der Waals surface area (Å²) < 4.78 is 23.1. The fourth-order valence-electron chi connectivity index (χ4n) is 3.14. The Kier molecular flexibility index (Phi) is 7.48. The monoisotopic (exact) mass is 452 g/mol. The Morgan fingerprint density at radius 2 is 1.72 bits per heavy atom. The second-order valence-corrected chi connectivity index (χ2v) is 14.1. The van der Waals surface area contributed by atoms with Gasteiger partial charge >= 0.3 is 6.15 Å². The van der Waals surface area contributed by atoms with Crippen molar-refractivity contribution in [3.8, 4) is 22.4 Å². The highest BCUT2D eigenvalue weighted by molar-refractivity contribution is 6.76. The van der Waals surface area contributed by atoms with E-state index in [0.717, 1.165) is 40.7 Å². The van der Waals surface area contributed by atoms with Crippen LogP contribution >= 0.6 is 0 Å². The summed E-state index contributed by atoms with van der Waals surface area (Å²) in [7, 11) is -1.13. The van der Waals surface area contributed by atoms with Crippen LogP contribution in [0.2, 0.25) is 25.7 Å². The first kappa shape index (κ1) is 23.3. The smallest absolute Gasteiger partial charge is 0.360 e. The van der Waals surface area contributed by atoms with E-state index in [-0.39, 0.29) is 12.0 Å². The summed E-state index contributed by atoms with van der Waals surface area (Å²) in [6, 6.07) is 11.6. The normalized spacial score (nSPS) is 11.1. The molecule has 0 spiro atoms. The van der Waals surface area contributed by atoms with Crippen LogP contribution < -0.4 is 0 Å². The molecule has 0 aliphatic rings. The minimum absolute atomic E-state index is 0.250. The molecule has 0 amide bonds. The van der Waals surface area contributed by atoms with Crippen LogP contribution in [-0.2, 0) is 21.1 Å². The van der Waals surface area contributed by atoms with Crippen molar-refractivity contribution in [1.82, 2.24) is 19.2 Å². The second-order valence-electron chi connectivity index (χ2n) is 8.48. The molecule has 3 heterocycles. The van der Waals surface area contributed by atoms with E-state index in [1.165, 1.54) is 12.1 Å². The lowest BCUT2D eigenvalue weighted by atomic mass is 10.0. The van der Waals surface area contributed by atoms with Crippen LogP contribution in [0.3, 0.4) is 0 Å². The molecule has 0 saturated heterocycles. The van der Waals surface area contributed by atoms with Crippen molar-refractivity contribution < 1.29 is 18.7 Å². The summed E-state index contributed by atoms with van der Waals surface area (Å²) >= 11 is 0. The maximum Gasteiger partial charge on any atom is 0.373 e. The van der Waals surface area contributed by atoms with Crippen LogP contribution in [0.4, 0.5) is 4.39 Å². The fourth-order valence-corrected chi connectivity index (χ4v) is 3.89. The van der Waals surface area contributed by atoms with Gasteiger partial charge in [0.15, 0.2) is 0 Å². The predicted molar refractivity (Wildman–Crippen MR) is 121 cm³/mol. The molecule has 166 valence electrons. The number of pyridine rings is 1. The Hall–Kier alpha value is -3.39. The van der Waals surface area contributed by atoms with Crippen LogP contribution in [0.1, 0.15) is 0 Å². The van der Waals surface area contributed by atoms with Crippen LogP contribution in [0.5, 0.6) is 0 Å². The summed E-state index contributed by atoms with van der Waals surface area (Å²) in [6.07, 6.45) is 7.96. The molecule has 0 radical (unpaired) electrons. The zero-order valence-corrected chi connectivity index (χ0v) is 19.3. The second kappa shape index (κ2) is 10.3. The highest BCUT2D eigenvalue weighted by atomic mass is 28.3. The number of aromatic nitrogens is 4. The first-order chi connectivity index (χ1) is 15.3. The third-order valence-electron chi connectivity index (χ3n) is 4.80. The highest BCUT2D eigenvalue weighted by Gasteiger charge is 2.15. The van der Waals surface area contributed by atoms with Crippen molar-refractivity contribution >= 4 is 19.9 Å². The first-order valence-corrected chi connectivity index (χ1v) is 13.8. The number of hydrogen-bond acceptors (Lipinski definition) is 5. The topological polar surface area (TPSA) is 78.5 Å². The standard InChI is InChI=1S/C22H25FN4OSi.CO2/c1-29(2,3)13-12-28-16-27-15-20(18-6-9-21-24-10-11-26(21)14-18)22(25-27)17-4-7-19(23)8-5-17;2-1-3/h4-11,14-15H,12-13,16H2,1-3H3;. The third-order valence-corrected chi connectivity index (χ3v) is 6.50. The van der Waals surface area contributed by atoms with Gasteiger partial charge in [-0.25, -0.2) is 14.1 Å². The molecule has 4 rings (SSSR count). The van der Waals surface area contributed by atoms with E-state index in [4.69, 9.17) is 19.4 Å². The molecule has 1 aromatic carbocycles. The van der Waals surface area contributed by atoms with Gasteiger partial charge in [-0.2, -0.15) is 14.7 Å². The number of fused-ring (bicyclic) bond motifs is 1. The SMILES string of the molecule is C[Si](C)(C)CCOCn1cc(-c2ccc3nccn3c2)c(-c2ccc(F)cc2)n1.O=C=O. The minimum Gasteiger partial charge on any atom is -0.360 e. The molecule has 0 aliphatic heterocycles. The largest absolute Gasteiger partial charge is 0.373 e. The number of rotatable bonds is 7. The van der Waals surface area contributed by atoms with Crippen molar-refractivity contribution in [2.45, 2.75) is 32.4 Å². The average Bonchev–Trinajstić information content (AvgIpc) is 3.38. The Morgan fingerprint density at radius 1 is 1.03 bits per heavy atom. The molecule has 0 saturated carbocycles. The van der Waals surface area contributed by atoms with Gasteiger partial charge in [-0.1, -0.05) is 19.6 Å². The first-order valence-electron chi connectivity index (χ1n) is 10.1. The summed E-state index contributed by atoms with van der Waals surface area (Å²) in [6.45, 7) is 8.13. The third kappa shape index (κ3) is 6.07. The van der Waals surface area contributed by atoms with E-state index < -0.39 is 8.07 Å². The molecule has 0 atom stereocenters. The Morgan fingerprint density at radius 3 is 2.41 bits per heavy atom. The van der Waals surface area contributed by atoms with E-state index in [1.807, 2.05) is 39.8 Å². The number of nitrogens with zero attached hydrogens (tertiary/aromatic N) is 4. The maximum atomic E-state index is 13.4. The van der Waals surface area contributed by atoms with E-state index >= 15 is 0 Å². The van der Waals surface area contributed by atoms with Crippen LogP contribution in [-0.4, -0.2) is 40.0 Å². The molecular weight excluding hydrogens is 427 g/mol. The van der Waals surface area contributed by atoms with Crippen LogP contribution in [0, 0.1) is 5.82 Å². The van der Waals surface area contributed by atoms with Crippen molar-refractivity contribution in [2.75, 3.05) is 6.61 Å². The van der Waals surface area contributed by atoms with Gasteiger partial charge in [0.1, 0.15) is 23.9 Å². The molecule has 0 N–H and O–H groups in total. The zero-order chi connectivity index (χ0) is 23.1. The lowest BCUT2D eigenvalue weighted by molar-refractivity contribution is -0.191. The van der Waals surface area contributed by atoms with E-state index in [1.54, 1.807) is 18.3 Å². The van der Waals surface area contributed by atoms with Crippen LogP contribution in [0.15, 0.2) is 61.2 Å². The average molecular weight is 453 g/mol. The molecule has 9 heteroatoms. The molecule has 0 unspecified atom stereocenters. The number of ether oxygens (including phenoxy) is 1. The molecule has 0 fully saturated rings. The maximum absolute atomic E-state index is 13.4. The summed E-state index contributed by atoms with van der Waals surface area (Å²) in [5, 5.41) is 4.74. The number of hydrogen-bond donors (Lipinski definition) is 0. The fraction of sp³-hybridized carbons (Fsp3) is 0.261. The Labute approximate surface area is 186 Å². The van der Waals surface area contributed by atoms with Gasteiger partial charge in [-0.05, 0) is 42.4 Å². The Balaban J connectivity index is 0.000000913. The van der Waals surface area contributed by atoms with Gasteiger partial charge in [-0.3, -0.25) is 0 Å². The minimum atomic E-state index is -1.13. The molecule has 32 heavy (non-hydrogen) atoms. The lowest BCUT2D eigenvalue weighted by Gasteiger charge is -2.15. The zero-order valence-electron chi connectivity index (χ0n) is 18.3. The molecule has 7 nitrogen and oxygen atoms in total. The van der Waals surface area contributed by atoms with Gasteiger partial charge in [0.05, 0.1) is 0 Å². The number of halogens is 1. The molecule has 3 aromatic heterocycles. The molecule has 0 aliphatic carbocycles. The van der Waals surface area contributed by atoms with E-state index in [0.29, 0.717) is 6.73 Å². The predicted octanol–water partition coefficient (Wildman–Crippen LogP) is 4.73. The summed E-state index contributed by atoms with van der Waals surface area (Å²) in [4.78, 5) is 20.6. The van der Waals surface area contributed by atoms with Crippen molar-refractivity contribution in [2.24, 2.45) is 0 Å². The molecular formula is C23H25FN4O3Si. The van der Waals surface area contributed by atoms with Crippen molar-refractivity contribution in [1.29, 1.82) is 0 Å². The van der Waals surface area contributed by atoms with Crippen molar-refractivity contribution in [3.63, 3.8) is 0 Å². The quantitative estimate of drug-likeness (QED) is 0.299. The van der Waals surface area contributed by atoms with Gasteiger partial charge in [-0.15, -0.1) is 0 Å². The molecule has 0 bridgehead atoms. The van der Waals surface area contributed by atoms with Gasteiger partial charge < -0.3 is 9.14 Å². The van der Waals surface area contributed by atoms with E-state index in [9.17, 15) is 4.39 Å². The summed E-state index contributed by atoms with van der Waals surface area (Å²) in [5.41, 5.74) is 4.55. The molecule has 4 aromatic rings. The number of imidazole rings is 1. The van der Waals surface area contributed by atoms with E-state index in [2.05, 4.69) is 24.6 Å². The number of benzene rings is 1. The van der Waals surface area contributed by atoms with Gasteiger partial charge in [0, 0.05) is 56.2 Å². The lowest BCUT2D eigenvalue weighted by Crippen LogP contribution is -2.22. The highest BCUT2D eigenvalue weighted by Crippen LogP contribution is 2.31. The number of carbonyl (C=O) groups excluding carboxylic acids is 2. The summed E-state index contributed by atoms with van der Waals surface area (Å²) in [5.74, 6) is -0.260. The van der Waals surface area contributed by atoms with Crippen molar-refractivity contribution in [3.05, 3.63) is 67.0 Å².